The van der Waals surface area contributed by atoms with Gasteiger partial charge in [-0.25, -0.2) is 4.79 Å². The first-order valence-corrected chi connectivity index (χ1v) is 11.2. The fourth-order valence-corrected chi connectivity index (χ4v) is 4.33. The number of carbonyl (C=O) groups is 1. The van der Waals surface area contributed by atoms with Crippen molar-refractivity contribution in [2.24, 2.45) is 0 Å². The Labute approximate surface area is 195 Å². The topological polar surface area (TPSA) is 57.5 Å². The van der Waals surface area contributed by atoms with E-state index in [0.717, 1.165) is 16.7 Å². The zero-order valence-corrected chi connectivity index (χ0v) is 18.9. The summed E-state index contributed by atoms with van der Waals surface area (Å²) in [4.78, 5) is 11.8. The molecule has 4 aromatic rings. The fourth-order valence-electron chi connectivity index (χ4n) is 4.33. The highest BCUT2D eigenvalue weighted by Crippen LogP contribution is 2.35. The zero-order chi connectivity index (χ0) is 23.4. The molecule has 0 amide bonds. The van der Waals surface area contributed by atoms with Gasteiger partial charge in [0.15, 0.2) is 0 Å². The van der Waals surface area contributed by atoms with E-state index in [1.807, 2.05) is 49.4 Å². The number of carboxylic acid groups (broad SMARTS) is 1. The Bertz CT molecular complexity index is 1230. The molecule has 0 radical (unpaired) electrons. The van der Waals surface area contributed by atoms with Crippen LogP contribution in [-0.2, 0) is 6.42 Å². The number of benzene rings is 4. The molecular weight excluding hydrogens is 408 g/mol. The smallest absolute Gasteiger partial charge is 0.339 e. The van der Waals surface area contributed by atoms with Crippen molar-refractivity contribution in [2.45, 2.75) is 32.1 Å². The molecule has 0 saturated heterocycles. The lowest BCUT2D eigenvalue weighted by atomic mass is 9.88. The third kappa shape index (κ3) is 4.98. The zero-order valence-electron chi connectivity index (χ0n) is 18.9. The number of hydrogen-bond donors (Lipinski definition) is 2. The van der Waals surface area contributed by atoms with Crippen LogP contribution >= 0.6 is 0 Å². The van der Waals surface area contributed by atoms with Crippen molar-refractivity contribution in [2.75, 3.05) is 0 Å². The van der Waals surface area contributed by atoms with Gasteiger partial charge in [-0.15, -0.1) is 0 Å². The SMILES string of the molecule is CC(c1ccccc1)c1ccc(Cc2cc(C(=O)O)c(O)c(C(C)c3ccccc3)c2)cc1. The van der Waals surface area contributed by atoms with E-state index >= 15 is 0 Å². The van der Waals surface area contributed by atoms with Gasteiger partial charge in [0.2, 0.25) is 0 Å². The molecule has 0 heterocycles. The van der Waals surface area contributed by atoms with E-state index in [1.54, 1.807) is 6.07 Å². The van der Waals surface area contributed by atoms with Gasteiger partial charge in [0.1, 0.15) is 11.3 Å². The van der Waals surface area contributed by atoms with E-state index < -0.39 is 5.97 Å². The summed E-state index contributed by atoms with van der Waals surface area (Å²) in [6, 6.07) is 32.2. The van der Waals surface area contributed by atoms with Crippen molar-refractivity contribution in [3.63, 3.8) is 0 Å². The monoisotopic (exact) mass is 436 g/mol. The van der Waals surface area contributed by atoms with E-state index in [0.29, 0.717) is 17.9 Å². The molecule has 0 spiro atoms. The van der Waals surface area contributed by atoms with Gasteiger partial charge >= 0.3 is 5.97 Å². The average Bonchev–Trinajstić information content (AvgIpc) is 2.85. The van der Waals surface area contributed by atoms with Crippen molar-refractivity contribution in [1.29, 1.82) is 0 Å². The van der Waals surface area contributed by atoms with Gasteiger partial charge in [-0.05, 0) is 40.3 Å². The second kappa shape index (κ2) is 9.74. The fraction of sp³-hybridized carbons (Fsp3) is 0.167. The van der Waals surface area contributed by atoms with Crippen molar-refractivity contribution in [3.8, 4) is 5.75 Å². The van der Waals surface area contributed by atoms with Gasteiger partial charge in [0, 0.05) is 17.4 Å². The lowest BCUT2D eigenvalue weighted by molar-refractivity contribution is 0.0693. The molecule has 3 heteroatoms. The van der Waals surface area contributed by atoms with Gasteiger partial charge in [-0.3, -0.25) is 0 Å². The van der Waals surface area contributed by atoms with Crippen molar-refractivity contribution >= 4 is 5.97 Å². The highest BCUT2D eigenvalue weighted by molar-refractivity contribution is 5.91. The highest BCUT2D eigenvalue weighted by atomic mass is 16.4. The number of rotatable bonds is 7. The Hall–Kier alpha value is -3.85. The first kappa shape index (κ1) is 22.3. The van der Waals surface area contributed by atoms with Crippen LogP contribution in [0, 0.1) is 0 Å². The largest absolute Gasteiger partial charge is 0.507 e. The summed E-state index contributed by atoms with van der Waals surface area (Å²) in [7, 11) is 0. The third-order valence-corrected chi connectivity index (χ3v) is 6.38. The van der Waals surface area contributed by atoms with Gasteiger partial charge in [-0.1, -0.05) is 105 Å². The molecule has 2 N–H and O–H groups in total. The van der Waals surface area contributed by atoms with E-state index in [2.05, 4.69) is 55.5 Å². The maximum absolute atomic E-state index is 11.8. The van der Waals surface area contributed by atoms with E-state index in [-0.39, 0.29) is 17.2 Å². The molecule has 0 fully saturated rings. The minimum absolute atomic E-state index is 0.0559. The minimum Gasteiger partial charge on any atom is -0.507 e. The van der Waals surface area contributed by atoms with E-state index in [9.17, 15) is 15.0 Å². The normalized spacial score (nSPS) is 12.8. The lowest BCUT2D eigenvalue weighted by Crippen LogP contribution is -2.05. The van der Waals surface area contributed by atoms with Crippen LogP contribution in [0.2, 0.25) is 0 Å². The molecular formula is C30H28O3. The van der Waals surface area contributed by atoms with Crippen LogP contribution in [0.25, 0.3) is 0 Å². The molecule has 4 rings (SSSR count). The Kier molecular flexibility index (Phi) is 6.60. The molecule has 0 aromatic heterocycles. The van der Waals surface area contributed by atoms with Crippen LogP contribution < -0.4 is 0 Å². The van der Waals surface area contributed by atoms with Crippen LogP contribution in [0.5, 0.6) is 5.75 Å². The standard InChI is InChI=1S/C30H28O3/c1-20(24-9-5-3-6-10-24)26-15-13-22(14-16-26)17-23-18-27(29(31)28(19-23)30(32)33)21(2)25-11-7-4-8-12-25/h3-16,18-21,31H,17H2,1-2H3,(H,32,33). The summed E-state index contributed by atoms with van der Waals surface area (Å²) in [6.45, 7) is 4.18. The number of aromatic hydroxyl groups is 1. The first-order valence-electron chi connectivity index (χ1n) is 11.2. The van der Waals surface area contributed by atoms with Crippen molar-refractivity contribution < 1.29 is 15.0 Å². The van der Waals surface area contributed by atoms with Crippen LogP contribution in [-0.4, -0.2) is 16.2 Å². The quantitative estimate of drug-likeness (QED) is 0.328. The number of hydrogen-bond acceptors (Lipinski definition) is 2. The number of carboxylic acids is 1. The molecule has 0 aliphatic carbocycles. The molecule has 166 valence electrons. The summed E-state index contributed by atoms with van der Waals surface area (Å²) >= 11 is 0. The molecule has 3 nitrogen and oxygen atoms in total. The average molecular weight is 437 g/mol. The van der Waals surface area contributed by atoms with Crippen LogP contribution in [0.15, 0.2) is 97.1 Å². The Balaban J connectivity index is 1.62. The minimum atomic E-state index is -1.12. The second-order valence-corrected chi connectivity index (χ2v) is 8.57. The second-order valence-electron chi connectivity index (χ2n) is 8.57. The molecule has 0 saturated carbocycles. The summed E-state index contributed by atoms with van der Waals surface area (Å²) in [5, 5.41) is 20.4. The predicted octanol–water partition coefficient (Wildman–Crippen LogP) is 6.98. The molecule has 0 aliphatic heterocycles. The maximum Gasteiger partial charge on any atom is 0.339 e. The Morgan fingerprint density at radius 1 is 0.697 bits per heavy atom. The Morgan fingerprint density at radius 3 is 1.76 bits per heavy atom. The molecule has 0 bridgehead atoms. The third-order valence-electron chi connectivity index (χ3n) is 6.38. The van der Waals surface area contributed by atoms with Gasteiger partial charge in [-0.2, -0.15) is 0 Å². The van der Waals surface area contributed by atoms with Crippen LogP contribution in [0.3, 0.4) is 0 Å². The molecule has 33 heavy (non-hydrogen) atoms. The molecule has 2 unspecified atom stereocenters. The van der Waals surface area contributed by atoms with Crippen molar-refractivity contribution in [3.05, 3.63) is 136 Å². The maximum atomic E-state index is 11.8. The molecule has 2 atom stereocenters. The van der Waals surface area contributed by atoms with Gasteiger partial charge in [0.25, 0.3) is 0 Å². The van der Waals surface area contributed by atoms with Gasteiger partial charge in [0.05, 0.1) is 0 Å². The molecule has 4 aromatic carbocycles. The number of phenols is 1. The summed E-state index contributed by atoms with van der Waals surface area (Å²) in [6.07, 6.45) is 0.592. The van der Waals surface area contributed by atoms with E-state index in [1.165, 1.54) is 11.1 Å². The first-order chi connectivity index (χ1) is 15.9. The van der Waals surface area contributed by atoms with Crippen LogP contribution in [0.4, 0.5) is 0 Å². The molecule has 0 aliphatic rings. The van der Waals surface area contributed by atoms with Crippen LogP contribution in [0.1, 0.15) is 69.4 Å². The summed E-state index contributed by atoms with van der Waals surface area (Å²) in [5.41, 5.74) is 6.08. The predicted molar refractivity (Wildman–Crippen MR) is 132 cm³/mol. The Morgan fingerprint density at radius 2 is 1.21 bits per heavy atom. The lowest BCUT2D eigenvalue weighted by Gasteiger charge is -2.18. The van der Waals surface area contributed by atoms with E-state index in [4.69, 9.17) is 0 Å². The summed E-state index contributed by atoms with van der Waals surface area (Å²) in [5.74, 6) is -1.11. The van der Waals surface area contributed by atoms with Crippen molar-refractivity contribution in [1.82, 2.24) is 0 Å². The number of aromatic carboxylic acids is 1. The van der Waals surface area contributed by atoms with Gasteiger partial charge < -0.3 is 10.2 Å². The summed E-state index contributed by atoms with van der Waals surface area (Å²) < 4.78 is 0. The highest BCUT2D eigenvalue weighted by Gasteiger charge is 2.20.